The summed E-state index contributed by atoms with van der Waals surface area (Å²) in [5.41, 5.74) is 8.13. The van der Waals surface area contributed by atoms with E-state index in [1.807, 2.05) is 18.0 Å². The predicted molar refractivity (Wildman–Crippen MR) is 103 cm³/mol. The van der Waals surface area contributed by atoms with Crippen molar-refractivity contribution in [2.45, 2.75) is 25.4 Å². The van der Waals surface area contributed by atoms with Gasteiger partial charge in [-0.05, 0) is 36.6 Å². The zero-order valence-corrected chi connectivity index (χ0v) is 15.2. The number of anilines is 1. The third kappa shape index (κ3) is 4.33. The molecular weight excluding hydrogens is 334 g/mol. The van der Waals surface area contributed by atoms with Gasteiger partial charge in [-0.3, -0.25) is 9.69 Å². The molecule has 1 amide bonds. The van der Waals surface area contributed by atoms with E-state index in [0.717, 1.165) is 32.5 Å². The van der Waals surface area contributed by atoms with Crippen LogP contribution >= 0.6 is 11.6 Å². The van der Waals surface area contributed by atoms with Crippen LogP contribution in [0, 0.1) is 0 Å². The zero-order chi connectivity index (χ0) is 17.8. The number of carbonyl (C=O) groups excluding carboxylic acids is 1. The lowest BCUT2D eigenvalue weighted by molar-refractivity contribution is 0.0636. The third-order valence-electron chi connectivity index (χ3n) is 4.90. The number of benzene rings is 2. The van der Waals surface area contributed by atoms with Crippen molar-refractivity contribution in [2.24, 2.45) is 0 Å². The van der Waals surface area contributed by atoms with E-state index in [-0.39, 0.29) is 11.9 Å². The molecule has 0 saturated carbocycles. The monoisotopic (exact) mass is 357 g/mol. The second kappa shape index (κ2) is 7.89. The van der Waals surface area contributed by atoms with E-state index in [1.165, 1.54) is 5.56 Å². The molecule has 0 aliphatic carbocycles. The molecule has 0 unspecified atom stereocenters. The van der Waals surface area contributed by atoms with Crippen molar-refractivity contribution >= 4 is 23.2 Å². The van der Waals surface area contributed by atoms with E-state index in [1.54, 1.807) is 18.2 Å². The van der Waals surface area contributed by atoms with Crippen molar-refractivity contribution in [1.82, 2.24) is 9.80 Å². The quantitative estimate of drug-likeness (QED) is 0.849. The van der Waals surface area contributed by atoms with Gasteiger partial charge in [0.15, 0.2) is 0 Å². The molecule has 1 aliphatic heterocycles. The number of likely N-dealkylation sites (tertiary alicyclic amines) is 1. The molecular formula is C20H24ClN3O. The molecule has 132 valence electrons. The van der Waals surface area contributed by atoms with Gasteiger partial charge in [-0.25, -0.2) is 0 Å². The first-order valence-electron chi connectivity index (χ1n) is 8.63. The van der Waals surface area contributed by atoms with Crippen LogP contribution in [0.5, 0.6) is 0 Å². The van der Waals surface area contributed by atoms with Gasteiger partial charge in [0.2, 0.25) is 0 Å². The highest BCUT2D eigenvalue weighted by Gasteiger charge is 2.26. The maximum Gasteiger partial charge on any atom is 0.255 e. The van der Waals surface area contributed by atoms with Gasteiger partial charge in [0.25, 0.3) is 5.91 Å². The summed E-state index contributed by atoms with van der Waals surface area (Å²) >= 11 is 6.19. The van der Waals surface area contributed by atoms with E-state index in [4.69, 9.17) is 17.3 Å². The Morgan fingerprint density at radius 1 is 1.20 bits per heavy atom. The van der Waals surface area contributed by atoms with Crippen molar-refractivity contribution in [1.29, 1.82) is 0 Å². The smallest absolute Gasteiger partial charge is 0.255 e. The zero-order valence-electron chi connectivity index (χ0n) is 14.5. The lowest BCUT2D eigenvalue weighted by atomic mass is 10.0. The predicted octanol–water partition coefficient (Wildman–Crippen LogP) is 3.66. The molecule has 0 spiro atoms. The summed E-state index contributed by atoms with van der Waals surface area (Å²) in [4.78, 5) is 17.0. The molecule has 1 fully saturated rings. The van der Waals surface area contributed by atoms with Crippen LogP contribution in [0.4, 0.5) is 5.69 Å². The number of hydrogen-bond donors (Lipinski definition) is 1. The average molecular weight is 358 g/mol. The van der Waals surface area contributed by atoms with Crippen LogP contribution in [0.3, 0.4) is 0 Å². The van der Waals surface area contributed by atoms with E-state index in [2.05, 4.69) is 29.2 Å². The minimum atomic E-state index is -0.0356. The molecule has 0 aromatic heterocycles. The van der Waals surface area contributed by atoms with Gasteiger partial charge in [0.05, 0.1) is 10.6 Å². The summed E-state index contributed by atoms with van der Waals surface area (Å²) in [7, 11) is 1.87. The van der Waals surface area contributed by atoms with Crippen molar-refractivity contribution in [2.75, 3.05) is 25.9 Å². The van der Waals surface area contributed by atoms with Crippen LogP contribution in [0.2, 0.25) is 5.02 Å². The maximum absolute atomic E-state index is 12.7. The number of carbonyl (C=O) groups is 1. The topological polar surface area (TPSA) is 49.6 Å². The fourth-order valence-electron chi connectivity index (χ4n) is 3.37. The third-order valence-corrected chi connectivity index (χ3v) is 5.21. The Kier molecular flexibility index (Phi) is 5.61. The average Bonchev–Trinajstić information content (AvgIpc) is 2.62. The second-order valence-electron chi connectivity index (χ2n) is 6.65. The van der Waals surface area contributed by atoms with Gasteiger partial charge >= 0.3 is 0 Å². The van der Waals surface area contributed by atoms with Gasteiger partial charge < -0.3 is 10.6 Å². The Morgan fingerprint density at radius 2 is 1.88 bits per heavy atom. The number of amides is 1. The fraction of sp³-hybridized carbons (Fsp3) is 0.350. The normalized spacial score (nSPS) is 15.9. The molecule has 2 aromatic rings. The first-order valence-corrected chi connectivity index (χ1v) is 9.01. The minimum Gasteiger partial charge on any atom is -0.399 e. The first-order chi connectivity index (χ1) is 12.0. The maximum atomic E-state index is 12.7. The highest BCUT2D eigenvalue weighted by atomic mass is 35.5. The Morgan fingerprint density at radius 3 is 2.52 bits per heavy atom. The fourth-order valence-corrected chi connectivity index (χ4v) is 3.64. The number of nitrogens with zero attached hydrogens (tertiary/aromatic N) is 2. The number of rotatable bonds is 4. The molecule has 0 radical (unpaired) electrons. The summed E-state index contributed by atoms with van der Waals surface area (Å²) in [6.07, 6.45) is 1.95. The summed E-state index contributed by atoms with van der Waals surface area (Å²) in [6, 6.07) is 15.8. The molecule has 5 heteroatoms. The van der Waals surface area contributed by atoms with E-state index in [0.29, 0.717) is 16.3 Å². The molecule has 3 rings (SSSR count). The van der Waals surface area contributed by atoms with Crippen molar-refractivity contribution in [3.05, 3.63) is 64.7 Å². The Labute approximate surface area is 154 Å². The number of halogens is 1. The van der Waals surface area contributed by atoms with Crippen LogP contribution in [0.1, 0.15) is 28.8 Å². The Balaban J connectivity index is 1.57. The summed E-state index contributed by atoms with van der Waals surface area (Å²) < 4.78 is 0. The van der Waals surface area contributed by atoms with Crippen LogP contribution in [-0.2, 0) is 6.54 Å². The molecule has 2 N–H and O–H groups in total. The molecule has 0 bridgehead atoms. The largest absolute Gasteiger partial charge is 0.399 e. The molecule has 1 saturated heterocycles. The van der Waals surface area contributed by atoms with E-state index in [9.17, 15) is 4.79 Å². The van der Waals surface area contributed by atoms with Crippen molar-refractivity contribution in [3.63, 3.8) is 0 Å². The molecule has 25 heavy (non-hydrogen) atoms. The van der Waals surface area contributed by atoms with Crippen LogP contribution in [0.25, 0.3) is 0 Å². The van der Waals surface area contributed by atoms with Crippen molar-refractivity contribution < 1.29 is 4.79 Å². The minimum absolute atomic E-state index is 0.0356. The Bertz CT molecular complexity index is 727. The molecule has 0 atom stereocenters. The lowest BCUT2D eigenvalue weighted by Crippen LogP contribution is -2.45. The first kappa shape index (κ1) is 17.8. The Hall–Kier alpha value is -2.04. The summed E-state index contributed by atoms with van der Waals surface area (Å²) in [5.74, 6) is -0.0356. The van der Waals surface area contributed by atoms with Gasteiger partial charge in [0, 0.05) is 38.4 Å². The summed E-state index contributed by atoms with van der Waals surface area (Å²) in [5, 5.41) is 0.415. The van der Waals surface area contributed by atoms with E-state index < -0.39 is 0 Å². The van der Waals surface area contributed by atoms with Crippen LogP contribution in [-0.4, -0.2) is 41.9 Å². The van der Waals surface area contributed by atoms with Crippen LogP contribution < -0.4 is 5.73 Å². The molecule has 1 aliphatic rings. The van der Waals surface area contributed by atoms with Crippen molar-refractivity contribution in [3.8, 4) is 0 Å². The van der Waals surface area contributed by atoms with Gasteiger partial charge in [0.1, 0.15) is 0 Å². The van der Waals surface area contributed by atoms with Gasteiger partial charge in [-0.1, -0.05) is 41.9 Å². The van der Waals surface area contributed by atoms with Crippen LogP contribution in [0.15, 0.2) is 48.5 Å². The molecule has 2 aromatic carbocycles. The number of nitrogens with two attached hydrogens (primary N) is 1. The standard InChI is InChI=1S/C20H24ClN3O/c1-23(20(25)18-8-7-16(22)13-19(18)21)17-9-11-24(12-10-17)14-15-5-3-2-4-6-15/h2-8,13,17H,9-12,14,22H2,1H3. The highest BCUT2D eigenvalue weighted by molar-refractivity contribution is 6.34. The second-order valence-corrected chi connectivity index (χ2v) is 7.06. The summed E-state index contributed by atoms with van der Waals surface area (Å²) in [6.45, 7) is 2.95. The highest BCUT2D eigenvalue weighted by Crippen LogP contribution is 2.24. The molecule has 4 nitrogen and oxygen atoms in total. The van der Waals surface area contributed by atoms with Gasteiger partial charge in [-0.15, -0.1) is 0 Å². The number of nitrogen functional groups attached to an aromatic ring is 1. The lowest BCUT2D eigenvalue weighted by Gasteiger charge is -2.37. The SMILES string of the molecule is CN(C(=O)c1ccc(N)cc1Cl)C1CCN(Cc2ccccc2)CC1. The number of hydrogen-bond acceptors (Lipinski definition) is 3. The number of piperidine rings is 1. The van der Waals surface area contributed by atoms with Gasteiger partial charge in [-0.2, -0.15) is 0 Å². The molecule has 1 heterocycles. The van der Waals surface area contributed by atoms with E-state index >= 15 is 0 Å².